The number of nitrogens with one attached hydrogen (secondary N) is 1. The van der Waals surface area contributed by atoms with Crippen LogP contribution < -0.4 is 5.32 Å². The Balaban J connectivity index is 1.85. The lowest BCUT2D eigenvalue weighted by atomic mass is 10.0. The number of benzene rings is 2. The van der Waals surface area contributed by atoms with E-state index in [9.17, 15) is 19.5 Å². The first-order valence-corrected chi connectivity index (χ1v) is 13.1. The molecule has 2 aromatic rings. The first-order valence-electron chi connectivity index (χ1n) is 13.1. The molecular formula is C29H41NO8. The number of fused-ring (bicyclic) bond motifs is 1. The lowest BCUT2D eigenvalue weighted by Crippen LogP contribution is -2.49. The van der Waals surface area contributed by atoms with Crippen LogP contribution in [0.4, 0.5) is 0 Å². The van der Waals surface area contributed by atoms with E-state index in [4.69, 9.17) is 19.3 Å². The van der Waals surface area contributed by atoms with Gasteiger partial charge in [-0.1, -0.05) is 48.9 Å². The van der Waals surface area contributed by atoms with Crippen molar-refractivity contribution in [3.8, 4) is 0 Å². The van der Waals surface area contributed by atoms with Gasteiger partial charge in [0.05, 0.1) is 0 Å². The molecule has 0 saturated carbocycles. The summed E-state index contributed by atoms with van der Waals surface area (Å²) in [5.41, 5.74) is 0.501. The predicted molar refractivity (Wildman–Crippen MR) is 144 cm³/mol. The Morgan fingerprint density at radius 1 is 0.895 bits per heavy atom. The van der Waals surface area contributed by atoms with Crippen molar-refractivity contribution in [2.45, 2.75) is 77.1 Å². The number of hydrogen-bond acceptors (Lipinski definition) is 7. The number of carboxylic acid groups (broad SMARTS) is 1. The van der Waals surface area contributed by atoms with E-state index in [2.05, 4.69) is 35.6 Å². The molecule has 1 amide bonds. The Kier molecular flexibility index (Phi) is 13.2. The zero-order valence-electron chi connectivity index (χ0n) is 22.6. The van der Waals surface area contributed by atoms with E-state index >= 15 is 0 Å². The van der Waals surface area contributed by atoms with Gasteiger partial charge in [-0.15, -0.1) is 0 Å². The Labute approximate surface area is 224 Å². The van der Waals surface area contributed by atoms with Gasteiger partial charge < -0.3 is 29.7 Å². The number of aliphatic carboxylic acids is 1. The number of ether oxygens (including phenoxy) is 3. The molecule has 0 spiro atoms. The molecule has 9 heteroatoms. The fourth-order valence-corrected chi connectivity index (χ4v) is 3.88. The summed E-state index contributed by atoms with van der Waals surface area (Å²) in [7, 11) is 0. The molecule has 0 aliphatic heterocycles. The van der Waals surface area contributed by atoms with Crippen LogP contribution in [0.15, 0.2) is 42.5 Å². The number of esters is 1. The van der Waals surface area contributed by atoms with E-state index in [0.29, 0.717) is 25.8 Å². The maximum atomic E-state index is 12.9. The number of carboxylic acids is 1. The van der Waals surface area contributed by atoms with Crippen LogP contribution in [0.2, 0.25) is 0 Å². The van der Waals surface area contributed by atoms with Crippen LogP contribution in [0.1, 0.15) is 58.4 Å². The van der Waals surface area contributed by atoms with Crippen LogP contribution in [-0.4, -0.2) is 72.2 Å². The Hall–Kier alpha value is -3.01. The molecule has 2 rings (SSSR count). The third-order valence-corrected chi connectivity index (χ3v) is 5.68. The van der Waals surface area contributed by atoms with E-state index in [1.54, 1.807) is 20.8 Å². The minimum absolute atomic E-state index is 0.0447. The van der Waals surface area contributed by atoms with E-state index in [1.807, 2.05) is 12.1 Å². The molecule has 38 heavy (non-hydrogen) atoms. The summed E-state index contributed by atoms with van der Waals surface area (Å²) in [5.74, 6) is -2.79. The molecule has 0 aliphatic carbocycles. The highest BCUT2D eigenvalue weighted by Crippen LogP contribution is 2.17. The molecule has 0 heterocycles. The molecule has 2 aromatic carbocycles. The standard InChI is InChI=1S/C29H41NO8/c1-29(2,3)38-24(32)20-37-26(28(34)35)25(36-18-10-9-17-31)27(33)30-16-8-4-5-11-21-14-15-22-12-6-7-13-23(22)19-21/h6-7,12-15,19,25-26,31H,4-5,8-11,16-18,20H2,1-3H3,(H,30,33)(H,34,35)/t25-,26-/m1/s1. The van der Waals surface area contributed by atoms with Crippen molar-refractivity contribution in [3.63, 3.8) is 0 Å². The number of aryl methyl sites for hydroxylation is 1. The predicted octanol–water partition coefficient (Wildman–Crippen LogP) is 3.64. The zero-order chi connectivity index (χ0) is 28.0. The summed E-state index contributed by atoms with van der Waals surface area (Å²) >= 11 is 0. The van der Waals surface area contributed by atoms with E-state index in [1.165, 1.54) is 16.3 Å². The van der Waals surface area contributed by atoms with Crippen LogP contribution in [-0.2, 0) is 35.0 Å². The average molecular weight is 532 g/mol. The second-order valence-electron chi connectivity index (χ2n) is 10.2. The summed E-state index contributed by atoms with van der Waals surface area (Å²) in [6.07, 6.45) is 1.21. The van der Waals surface area contributed by atoms with Gasteiger partial charge in [0, 0.05) is 19.8 Å². The lowest BCUT2D eigenvalue weighted by molar-refractivity contribution is -0.178. The molecule has 3 N–H and O–H groups in total. The molecule has 9 nitrogen and oxygen atoms in total. The van der Waals surface area contributed by atoms with E-state index in [0.717, 1.165) is 19.3 Å². The fraction of sp³-hybridized carbons (Fsp3) is 0.552. The highest BCUT2D eigenvalue weighted by atomic mass is 16.6. The van der Waals surface area contributed by atoms with E-state index < -0.39 is 42.3 Å². The Morgan fingerprint density at radius 3 is 2.32 bits per heavy atom. The minimum Gasteiger partial charge on any atom is -0.479 e. The maximum Gasteiger partial charge on any atom is 0.336 e. The first kappa shape index (κ1) is 31.2. The summed E-state index contributed by atoms with van der Waals surface area (Å²) in [6.45, 7) is 4.78. The number of rotatable bonds is 17. The number of carbonyl (C=O) groups is 3. The third kappa shape index (κ3) is 11.6. The molecule has 0 radical (unpaired) electrons. The van der Waals surface area contributed by atoms with Crippen LogP contribution >= 0.6 is 0 Å². The summed E-state index contributed by atoms with van der Waals surface area (Å²) in [4.78, 5) is 36.8. The van der Waals surface area contributed by atoms with Crippen molar-refractivity contribution < 1.29 is 38.8 Å². The number of amides is 1. The SMILES string of the molecule is CC(C)(C)OC(=O)CO[C@@H](C(=O)O)[C@@H](OCCCCO)C(=O)NCCCCCc1ccc2ccccc2c1. The van der Waals surface area contributed by atoms with Crippen molar-refractivity contribution in [2.24, 2.45) is 0 Å². The van der Waals surface area contributed by atoms with E-state index in [-0.39, 0.29) is 13.2 Å². The van der Waals surface area contributed by atoms with Crippen LogP contribution in [0.5, 0.6) is 0 Å². The van der Waals surface area contributed by atoms with Crippen LogP contribution in [0, 0.1) is 0 Å². The summed E-state index contributed by atoms with van der Waals surface area (Å²) in [5, 5.41) is 23.8. The van der Waals surface area contributed by atoms with Gasteiger partial charge in [0.2, 0.25) is 0 Å². The molecule has 0 fully saturated rings. The van der Waals surface area contributed by atoms with Gasteiger partial charge in [0.1, 0.15) is 12.2 Å². The van der Waals surface area contributed by atoms with Gasteiger partial charge in [-0.25, -0.2) is 9.59 Å². The highest BCUT2D eigenvalue weighted by molar-refractivity contribution is 5.88. The molecular weight excluding hydrogens is 490 g/mol. The average Bonchev–Trinajstić information content (AvgIpc) is 2.86. The van der Waals surface area contributed by atoms with Crippen molar-refractivity contribution >= 4 is 28.6 Å². The number of aliphatic hydroxyl groups is 1. The maximum absolute atomic E-state index is 12.9. The van der Waals surface area contributed by atoms with Crippen molar-refractivity contribution in [2.75, 3.05) is 26.4 Å². The minimum atomic E-state index is -1.69. The van der Waals surface area contributed by atoms with Crippen molar-refractivity contribution in [1.29, 1.82) is 0 Å². The van der Waals surface area contributed by atoms with Gasteiger partial charge in [-0.2, -0.15) is 0 Å². The largest absolute Gasteiger partial charge is 0.479 e. The fourth-order valence-electron chi connectivity index (χ4n) is 3.88. The van der Waals surface area contributed by atoms with Gasteiger partial charge in [-0.05, 0) is 69.2 Å². The number of unbranched alkanes of at least 4 members (excludes halogenated alkanes) is 3. The van der Waals surface area contributed by atoms with Gasteiger partial charge in [0.25, 0.3) is 5.91 Å². The molecule has 0 aromatic heterocycles. The quantitative estimate of drug-likeness (QED) is 0.208. The highest BCUT2D eigenvalue weighted by Gasteiger charge is 2.36. The van der Waals surface area contributed by atoms with Gasteiger partial charge in [0.15, 0.2) is 12.2 Å². The van der Waals surface area contributed by atoms with Crippen molar-refractivity contribution in [3.05, 3.63) is 48.0 Å². The summed E-state index contributed by atoms with van der Waals surface area (Å²) in [6, 6.07) is 14.7. The van der Waals surface area contributed by atoms with Gasteiger partial charge >= 0.3 is 11.9 Å². The number of aliphatic hydroxyl groups excluding tert-OH is 1. The first-order chi connectivity index (χ1) is 18.1. The molecule has 2 atom stereocenters. The summed E-state index contributed by atoms with van der Waals surface area (Å²) < 4.78 is 16.0. The topological polar surface area (TPSA) is 131 Å². The third-order valence-electron chi connectivity index (χ3n) is 5.68. The molecule has 0 aliphatic rings. The smallest absolute Gasteiger partial charge is 0.336 e. The molecule has 210 valence electrons. The second-order valence-corrected chi connectivity index (χ2v) is 10.2. The zero-order valence-corrected chi connectivity index (χ0v) is 22.6. The van der Waals surface area contributed by atoms with Crippen molar-refractivity contribution in [1.82, 2.24) is 5.32 Å². The molecule has 0 bridgehead atoms. The van der Waals surface area contributed by atoms with Crippen LogP contribution in [0.25, 0.3) is 10.8 Å². The Morgan fingerprint density at radius 2 is 1.63 bits per heavy atom. The molecule has 0 unspecified atom stereocenters. The monoisotopic (exact) mass is 531 g/mol. The normalized spacial score (nSPS) is 13.2. The Bertz CT molecular complexity index is 1030. The molecule has 0 saturated heterocycles. The van der Waals surface area contributed by atoms with Crippen LogP contribution in [0.3, 0.4) is 0 Å². The lowest BCUT2D eigenvalue weighted by Gasteiger charge is -2.25. The number of carbonyl (C=O) groups excluding carboxylic acids is 2. The second kappa shape index (κ2) is 16.1. The van der Waals surface area contributed by atoms with Gasteiger partial charge in [-0.3, -0.25) is 4.79 Å². The number of hydrogen-bond donors (Lipinski definition) is 3.